The van der Waals surface area contributed by atoms with Crippen LogP contribution in [0.3, 0.4) is 0 Å². The van der Waals surface area contributed by atoms with Crippen molar-refractivity contribution in [3.8, 4) is 0 Å². The summed E-state index contributed by atoms with van der Waals surface area (Å²) < 4.78 is 80.1. The van der Waals surface area contributed by atoms with Crippen LogP contribution in [0.15, 0.2) is 34.9 Å². The van der Waals surface area contributed by atoms with Gasteiger partial charge in [0, 0.05) is 32.4 Å². The van der Waals surface area contributed by atoms with Gasteiger partial charge in [0.1, 0.15) is 5.82 Å². The van der Waals surface area contributed by atoms with Gasteiger partial charge in [-0.25, -0.2) is 9.97 Å². The molecular weight excluding hydrogens is 480 g/mol. The van der Waals surface area contributed by atoms with Crippen LogP contribution in [-0.4, -0.2) is 41.1 Å². The van der Waals surface area contributed by atoms with Crippen molar-refractivity contribution in [3.63, 3.8) is 0 Å². The number of aromatic amines is 1. The van der Waals surface area contributed by atoms with Crippen LogP contribution < -0.4 is 9.80 Å². The third-order valence-corrected chi connectivity index (χ3v) is 5.45. The molecule has 0 radical (unpaired) electrons. The van der Waals surface area contributed by atoms with Gasteiger partial charge in [-0.2, -0.15) is 26.3 Å². The van der Waals surface area contributed by atoms with Crippen LogP contribution in [-0.2, 0) is 12.4 Å². The molecule has 0 unspecified atom stereocenters. The summed E-state index contributed by atoms with van der Waals surface area (Å²) >= 11 is 3.43. The third kappa shape index (κ3) is 3.92. The Hall–Kier alpha value is -2.50. The molecule has 12 heteroatoms. The highest BCUT2D eigenvalue weighted by molar-refractivity contribution is 9.10. The summed E-state index contributed by atoms with van der Waals surface area (Å²) in [6.45, 7) is 1.87. The Morgan fingerprint density at radius 1 is 0.933 bits per heavy atom. The molecule has 160 valence electrons. The number of pyridine rings is 1. The summed E-state index contributed by atoms with van der Waals surface area (Å²) in [5.41, 5.74) is -3.60. The highest BCUT2D eigenvalue weighted by Crippen LogP contribution is 2.40. The molecule has 3 aromatic rings. The largest absolute Gasteiger partial charge is 0.418 e. The molecule has 2 aromatic heterocycles. The first-order valence-electron chi connectivity index (χ1n) is 8.82. The number of nitrogens with zero attached hydrogens (tertiary/aromatic N) is 4. The fraction of sp³-hybridized carbons (Fsp3) is 0.333. The van der Waals surface area contributed by atoms with Gasteiger partial charge in [0.25, 0.3) is 0 Å². The van der Waals surface area contributed by atoms with Gasteiger partial charge in [-0.3, -0.25) is 0 Å². The van der Waals surface area contributed by atoms with Crippen molar-refractivity contribution in [3.05, 3.63) is 46.1 Å². The maximum absolute atomic E-state index is 13.4. The summed E-state index contributed by atoms with van der Waals surface area (Å²) in [5, 5.41) is 0. The SMILES string of the molecule is FC(F)(F)c1cc(C(F)(F)F)c2[nH]c(N3CCN(c4ncccc4Br)CC3)nc2c1. The predicted molar refractivity (Wildman–Crippen MR) is 102 cm³/mol. The number of aromatic nitrogens is 3. The van der Waals surface area contributed by atoms with E-state index in [2.05, 4.69) is 30.9 Å². The number of H-pyrrole nitrogens is 1. The van der Waals surface area contributed by atoms with E-state index in [1.807, 2.05) is 11.0 Å². The van der Waals surface area contributed by atoms with Crippen LogP contribution in [0.2, 0.25) is 0 Å². The second-order valence-electron chi connectivity index (χ2n) is 6.76. The minimum atomic E-state index is -4.95. The minimum Gasteiger partial charge on any atom is -0.352 e. The lowest BCUT2D eigenvalue weighted by molar-refractivity contribution is -0.142. The van der Waals surface area contributed by atoms with Crippen LogP contribution in [0, 0.1) is 0 Å². The lowest BCUT2D eigenvalue weighted by atomic mass is 10.1. The molecule has 1 saturated heterocycles. The molecule has 0 amide bonds. The Morgan fingerprint density at radius 3 is 2.20 bits per heavy atom. The van der Waals surface area contributed by atoms with Crippen molar-refractivity contribution in [2.45, 2.75) is 12.4 Å². The van der Waals surface area contributed by atoms with E-state index in [9.17, 15) is 26.3 Å². The van der Waals surface area contributed by atoms with E-state index in [1.165, 1.54) is 0 Å². The lowest BCUT2D eigenvalue weighted by Crippen LogP contribution is -2.47. The standard InChI is InChI=1S/C18H14BrF6N5/c19-12-2-1-3-26-15(12)29-4-6-30(7-5-29)16-27-13-9-10(17(20,21)22)8-11(14(13)28-16)18(23,24)25/h1-3,8-9H,4-7H2,(H,27,28). The first kappa shape index (κ1) is 20.8. The minimum absolute atomic E-state index is 0.106. The molecular formula is C18H14BrF6N5. The van der Waals surface area contributed by atoms with Gasteiger partial charge in [0.2, 0.25) is 5.95 Å². The second-order valence-corrected chi connectivity index (χ2v) is 7.61. The average molecular weight is 494 g/mol. The zero-order valence-corrected chi connectivity index (χ0v) is 16.7. The van der Waals surface area contributed by atoms with E-state index in [0.717, 1.165) is 10.3 Å². The molecule has 30 heavy (non-hydrogen) atoms. The first-order valence-corrected chi connectivity index (χ1v) is 9.62. The van der Waals surface area contributed by atoms with Gasteiger partial charge >= 0.3 is 12.4 Å². The van der Waals surface area contributed by atoms with E-state index in [4.69, 9.17) is 0 Å². The molecule has 0 bridgehead atoms. The number of rotatable bonds is 2. The Labute approximate surface area is 174 Å². The molecule has 1 fully saturated rings. The molecule has 0 saturated carbocycles. The number of hydrogen-bond acceptors (Lipinski definition) is 4. The molecule has 0 atom stereocenters. The number of imidazole rings is 1. The normalized spacial score (nSPS) is 15.8. The third-order valence-electron chi connectivity index (χ3n) is 4.83. The molecule has 5 nitrogen and oxygen atoms in total. The highest BCUT2D eigenvalue weighted by Gasteiger charge is 2.39. The molecule has 3 heterocycles. The quantitative estimate of drug-likeness (QED) is 0.505. The molecule has 4 rings (SSSR count). The predicted octanol–water partition coefficient (Wildman–Crippen LogP) is 5.08. The summed E-state index contributed by atoms with van der Waals surface area (Å²) in [5.74, 6) is 0.852. The van der Waals surface area contributed by atoms with Crippen LogP contribution in [0.25, 0.3) is 11.0 Å². The Morgan fingerprint density at radius 2 is 1.60 bits per heavy atom. The van der Waals surface area contributed by atoms with Crippen molar-refractivity contribution in [2.24, 2.45) is 0 Å². The molecule has 1 aliphatic rings. The monoisotopic (exact) mass is 493 g/mol. The zero-order chi connectivity index (χ0) is 21.7. The second kappa shape index (κ2) is 7.33. The Balaban J connectivity index is 1.64. The number of halogens is 7. The molecule has 1 aromatic carbocycles. The maximum atomic E-state index is 13.4. The molecule has 0 aliphatic carbocycles. The van der Waals surface area contributed by atoms with Crippen molar-refractivity contribution < 1.29 is 26.3 Å². The number of anilines is 2. The first-order chi connectivity index (χ1) is 14.0. The molecule has 1 N–H and O–H groups in total. The number of alkyl halides is 6. The smallest absolute Gasteiger partial charge is 0.352 e. The number of benzene rings is 1. The summed E-state index contributed by atoms with van der Waals surface area (Å²) in [4.78, 5) is 14.6. The van der Waals surface area contributed by atoms with Gasteiger partial charge in [0.15, 0.2) is 0 Å². The van der Waals surface area contributed by atoms with Gasteiger partial charge in [-0.05, 0) is 40.2 Å². The van der Waals surface area contributed by atoms with Crippen LogP contribution in [0.4, 0.5) is 38.1 Å². The van der Waals surface area contributed by atoms with E-state index >= 15 is 0 Å². The Kier molecular flexibility index (Phi) is 5.07. The van der Waals surface area contributed by atoms with Crippen LogP contribution in [0.1, 0.15) is 11.1 Å². The van der Waals surface area contributed by atoms with E-state index in [1.54, 1.807) is 17.2 Å². The maximum Gasteiger partial charge on any atom is 0.418 e. The highest BCUT2D eigenvalue weighted by atomic mass is 79.9. The van der Waals surface area contributed by atoms with Gasteiger partial charge in [-0.15, -0.1) is 0 Å². The van der Waals surface area contributed by atoms with Gasteiger partial charge < -0.3 is 14.8 Å². The lowest BCUT2D eigenvalue weighted by Gasteiger charge is -2.35. The van der Waals surface area contributed by atoms with E-state index < -0.39 is 29.0 Å². The topological polar surface area (TPSA) is 48.1 Å². The van der Waals surface area contributed by atoms with Crippen LogP contribution >= 0.6 is 15.9 Å². The summed E-state index contributed by atoms with van der Waals surface area (Å²) in [6.07, 6.45) is -8.20. The van der Waals surface area contributed by atoms with E-state index in [0.29, 0.717) is 32.2 Å². The number of fused-ring (bicyclic) bond motifs is 1. The number of piperazine rings is 1. The number of nitrogens with one attached hydrogen (secondary N) is 1. The van der Waals surface area contributed by atoms with E-state index in [-0.39, 0.29) is 17.5 Å². The van der Waals surface area contributed by atoms with Crippen molar-refractivity contribution >= 4 is 38.7 Å². The Bertz CT molecular complexity index is 1070. The van der Waals surface area contributed by atoms with Crippen molar-refractivity contribution in [2.75, 3.05) is 36.0 Å². The molecule has 1 aliphatic heterocycles. The fourth-order valence-electron chi connectivity index (χ4n) is 3.38. The number of hydrogen-bond donors (Lipinski definition) is 1. The summed E-state index contributed by atoms with van der Waals surface area (Å²) in [6, 6.07) is 4.38. The van der Waals surface area contributed by atoms with Gasteiger partial charge in [0.05, 0.1) is 26.6 Å². The summed E-state index contributed by atoms with van der Waals surface area (Å²) in [7, 11) is 0. The zero-order valence-electron chi connectivity index (χ0n) is 15.1. The fourth-order valence-corrected chi connectivity index (χ4v) is 3.88. The van der Waals surface area contributed by atoms with Gasteiger partial charge in [-0.1, -0.05) is 0 Å². The van der Waals surface area contributed by atoms with Crippen LogP contribution in [0.5, 0.6) is 0 Å². The molecule has 0 spiro atoms. The van der Waals surface area contributed by atoms with Crippen molar-refractivity contribution in [1.29, 1.82) is 0 Å². The van der Waals surface area contributed by atoms with Crippen molar-refractivity contribution in [1.82, 2.24) is 15.0 Å². The average Bonchev–Trinajstić information content (AvgIpc) is 3.10.